The van der Waals surface area contributed by atoms with E-state index in [0.717, 1.165) is 17.7 Å². The van der Waals surface area contributed by atoms with Gasteiger partial charge in [0.05, 0.1) is 15.7 Å². The van der Waals surface area contributed by atoms with Crippen LogP contribution in [0.3, 0.4) is 0 Å². The molecule has 1 aliphatic rings. The molecule has 0 atom stereocenters. The third-order valence-corrected chi connectivity index (χ3v) is 7.43. The van der Waals surface area contributed by atoms with Crippen LogP contribution in [0, 0.1) is 0 Å². The van der Waals surface area contributed by atoms with Gasteiger partial charge in [-0.15, -0.1) is 11.8 Å². The first-order valence-electron chi connectivity index (χ1n) is 8.24. The van der Waals surface area contributed by atoms with Crippen molar-refractivity contribution in [1.82, 2.24) is 4.31 Å². The Bertz CT molecular complexity index is 897. The van der Waals surface area contributed by atoms with Crippen molar-refractivity contribution >= 4 is 45.0 Å². The van der Waals surface area contributed by atoms with Crippen molar-refractivity contribution in [3.05, 3.63) is 53.6 Å². The Morgan fingerprint density at radius 1 is 1.12 bits per heavy atom. The number of halogens is 1. The van der Waals surface area contributed by atoms with E-state index in [2.05, 4.69) is 5.32 Å². The average Bonchev–Trinajstić information content (AvgIpc) is 3.17. The van der Waals surface area contributed by atoms with Gasteiger partial charge in [-0.3, -0.25) is 4.79 Å². The van der Waals surface area contributed by atoms with Crippen LogP contribution in [0.4, 0.5) is 5.69 Å². The van der Waals surface area contributed by atoms with Crippen LogP contribution in [-0.2, 0) is 14.8 Å². The van der Waals surface area contributed by atoms with Crippen LogP contribution >= 0.6 is 23.4 Å². The SMILES string of the molecule is O=C(CSc1ccccc1Cl)Nc1cccc(S(=O)(=O)N2CCCC2)c1. The molecule has 2 aromatic rings. The summed E-state index contributed by atoms with van der Waals surface area (Å²) in [4.78, 5) is 13.2. The second-order valence-electron chi connectivity index (χ2n) is 5.91. The van der Waals surface area contributed by atoms with Crippen LogP contribution in [-0.4, -0.2) is 37.5 Å². The number of carbonyl (C=O) groups is 1. The van der Waals surface area contributed by atoms with E-state index < -0.39 is 10.0 Å². The molecule has 0 spiro atoms. The number of hydrogen-bond donors (Lipinski definition) is 1. The molecule has 0 aromatic heterocycles. The standard InChI is InChI=1S/C18H19ClN2O3S2/c19-16-8-1-2-9-17(16)25-13-18(22)20-14-6-5-7-15(12-14)26(23,24)21-10-3-4-11-21/h1-2,5-9,12H,3-4,10-11,13H2,(H,20,22). The number of anilines is 1. The molecule has 1 fully saturated rings. The Balaban J connectivity index is 1.65. The van der Waals surface area contributed by atoms with E-state index in [1.165, 1.54) is 22.1 Å². The maximum absolute atomic E-state index is 12.6. The Kier molecular flexibility index (Phi) is 6.24. The first-order chi connectivity index (χ1) is 12.5. The molecule has 0 bridgehead atoms. The molecule has 1 amide bonds. The lowest BCUT2D eigenvalue weighted by Gasteiger charge is -2.16. The number of sulfonamides is 1. The molecule has 2 aromatic carbocycles. The van der Waals surface area contributed by atoms with E-state index >= 15 is 0 Å². The minimum atomic E-state index is -3.50. The van der Waals surface area contributed by atoms with Crippen LogP contribution < -0.4 is 5.32 Å². The lowest BCUT2D eigenvalue weighted by Crippen LogP contribution is -2.28. The van der Waals surface area contributed by atoms with Crippen molar-refractivity contribution < 1.29 is 13.2 Å². The molecule has 0 radical (unpaired) electrons. The number of amides is 1. The fourth-order valence-electron chi connectivity index (χ4n) is 2.71. The van der Waals surface area contributed by atoms with E-state index in [9.17, 15) is 13.2 Å². The number of benzene rings is 2. The minimum absolute atomic E-state index is 0.187. The molecule has 1 heterocycles. The van der Waals surface area contributed by atoms with E-state index in [0.29, 0.717) is 23.8 Å². The highest BCUT2D eigenvalue weighted by molar-refractivity contribution is 8.00. The number of hydrogen-bond acceptors (Lipinski definition) is 4. The molecular formula is C18H19ClN2O3S2. The molecule has 5 nitrogen and oxygen atoms in total. The van der Waals surface area contributed by atoms with Crippen LogP contribution in [0.15, 0.2) is 58.3 Å². The predicted molar refractivity (Wildman–Crippen MR) is 105 cm³/mol. The van der Waals surface area contributed by atoms with Crippen molar-refractivity contribution in [2.75, 3.05) is 24.2 Å². The minimum Gasteiger partial charge on any atom is -0.325 e. The van der Waals surface area contributed by atoms with E-state index in [4.69, 9.17) is 11.6 Å². The zero-order valence-electron chi connectivity index (χ0n) is 14.0. The predicted octanol–water partition coefficient (Wildman–Crippen LogP) is 3.86. The van der Waals surface area contributed by atoms with Crippen molar-refractivity contribution in [2.45, 2.75) is 22.6 Å². The Morgan fingerprint density at radius 3 is 2.58 bits per heavy atom. The van der Waals surface area contributed by atoms with Crippen LogP contribution in [0.1, 0.15) is 12.8 Å². The number of thioether (sulfide) groups is 1. The molecule has 0 unspecified atom stereocenters. The molecule has 1 saturated heterocycles. The second kappa shape index (κ2) is 8.43. The molecule has 1 N–H and O–H groups in total. The first kappa shape index (κ1) is 19.2. The highest BCUT2D eigenvalue weighted by Crippen LogP contribution is 2.27. The smallest absolute Gasteiger partial charge is 0.243 e. The summed E-state index contributed by atoms with van der Waals surface area (Å²) in [6, 6.07) is 13.7. The Labute approximate surface area is 162 Å². The van der Waals surface area contributed by atoms with Gasteiger partial charge in [-0.25, -0.2) is 8.42 Å². The zero-order valence-corrected chi connectivity index (χ0v) is 16.4. The van der Waals surface area contributed by atoms with Gasteiger partial charge in [0.25, 0.3) is 0 Å². The van der Waals surface area contributed by atoms with Crippen molar-refractivity contribution in [3.8, 4) is 0 Å². The average molecular weight is 411 g/mol. The summed E-state index contributed by atoms with van der Waals surface area (Å²) in [6.45, 7) is 1.10. The van der Waals surface area contributed by atoms with Gasteiger partial charge in [-0.1, -0.05) is 29.8 Å². The Morgan fingerprint density at radius 2 is 1.85 bits per heavy atom. The lowest BCUT2D eigenvalue weighted by atomic mass is 10.3. The fraction of sp³-hybridized carbons (Fsp3) is 0.278. The van der Waals surface area contributed by atoms with Gasteiger partial charge in [0.1, 0.15) is 0 Å². The number of carbonyl (C=O) groups excluding carboxylic acids is 1. The monoisotopic (exact) mass is 410 g/mol. The number of nitrogens with zero attached hydrogens (tertiary/aromatic N) is 1. The summed E-state index contributed by atoms with van der Waals surface area (Å²) in [5.41, 5.74) is 0.468. The van der Waals surface area contributed by atoms with Crippen molar-refractivity contribution in [2.24, 2.45) is 0 Å². The van der Waals surface area contributed by atoms with Gasteiger partial charge in [-0.05, 0) is 43.2 Å². The Hall–Kier alpha value is -1.54. The molecule has 8 heteroatoms. The summed E-state index contributed by atoms with van der Waals surface area (Å²) in [5, 5.41) is 3.35. The zero-order chi connectivity index (χ0) is 18.6. The molecule has 26 heavy (non-hydrogen) atoms. The van der Waals surface area contributed by atoms with Crippen LogP contribution in [0.5, 0.6) is 0 Å². The second-order valence-corrected chi connectivity index (χ2v) is 9.27. The molecular weight excluding hydrogens is 392 g/mol. The van der Waals surface area contributed by atoms with Gasteiger partial charge in [0, 0.05) is 23.7 Å². The lowest BCUT2D eigenvalue weighted by molar-refractivity contribution is -0.113. The molecule has 0 aliphatic carbocycles. The third kappa shape index (κ3) is 4.59. The van der Waals surface area contributed by atoms with Gasteiger partial charge in [0.15, 0.2) is 0 Å². The van der Waals surface area contributed by atoms with E-state index in [1.807, 2.05) is 18.2 Å². The molecule has 1 aliphatic heterocycles. The first-order valence-corrected chi connectivity index (χ1v) is 11.0. The quantitative estimate of drug-likeness (QED) is 0.734. The molecule has 3 rings (SSSR count). The van der Waals surface area contributed by atoms with Crippen LogP contribution in [0.2, 0.25) is 5.02 Å². The topological polar surface area (TPSA) is 66.5 Å². The summed E-state index contributed by atoms with van der Waals surface area (Å²) < 4.78 is 26.7. The largest absolute Gasteiger partial charge is 0.325 e. The third-order valence-electron chi connectivity index (χ3n) is 4.02. The number of rotatable bonds is 6. The summed E-state index contributed by atoms with van der Waals surface area (Å²) in [7, 11) is -3.50. The van der Waals surface area contributed by atoms with Gasteiger partial charge >= 0.3 is 0 Å². The van der Waals surface area contributed by atoms with E-state index in [1.54, 1.807) is 24.3 Å². The van der Waals surface area contributed by atoms with E-state index in [-0.39, 0.29) is 16.6 Å². The summed E-state index contributed by atoms with van der Waals surface area (Å²) in [6.07, 6.45) is 1.77. The summed E-state index contributed by atoms with van der Waals surface area (Å²) in [5.74, 6) is -0.0297. The normalized spacial score (nSPS) is 15.1. The fourth-order valence-corrected chi connectivity index (χ4v) is 5.32. The molecule has 138 valence electrons. The maximum atomic E-state index is 12.6. The summed E-state index contributed by atoms with van der Waals surface area (Å²) >= 11 is 7.41. The highest BCUT2D eigenvalue weighted by atomic mass is 35.5. The maximum Gasteiger partial charge on any atom is 0.243 e. The van der Waals surface area contributed by atoms with Gasteiger partial charge in [-0.2, -0.15) is 4.31 Å². The van der Waals surface area contributed by atoms with Gasteiger partial charge in [0.2, 0.25) is 15.9 Å². The van der Waals surface area contributed by atoms with Gasteiger partial charge < -0.3 is 5.32 Å². The van der Waals surface area contributed by atoms with Crippen molar-refractivity contribution in [3.63, 3.8) is 0 Å². The highest BCUT2D eigenvalue weighted by Gasteiger charge is 2.27. The van der Waals surface area contributed by atoms with Crippen molar-refractivity contribution in [1.29, 1.82) is 0 Å². The number of nitrogens with one attached hydrogen (secondary N) is 1. The molecule has 0 saturated carbocycles. The van der Waals surface area contributed by atoms with Crippen LogP contribution in [0.25, 0.3) is 0 Å².